The third-order valence-corrected chi connectivity index (χ3v) is 4.63. The Bertz CT molecular complexity index is 459. The molecule has 1 amide bonds. The zero-order chi connectivity index (χ0) is 15.3. The van der Waals surface area contributed by atoms with Gasteiger partial charge in [0.05, 0.1) is 5.41 Å². The van der Waals surface area contributed by atoms with Crippen molar-refractivity contribution < 1.29 is 4.79 Å². The van der Waals surface area contributed by atoms with E-state index in [2.05, 4.69) is 22.3 Å². The van der Waals surface area contributed by atoms with Crippen molar-refractivity contribution in [1.29, 1.82) is 0 Å². The highest BCUT2D eigenvalue weighted by Crippen LogP contribution is 2.24. The second kappa shape index (κ2) is 6.94. The van der Waals surface area contributed by atoms with E-state index in [1.807, 2.05) is 26.0 Å². The van der Waals surface area contributed by atoms with Crippen LogP contribution in [-0.2, 0) is 4.79 Å². The zero-order valence-electron chi connectivity index (χ0n) is 13.2. The summed E-state index contributed by atoms with van der Waals surface area (Å²) in [5.74, 6) is -0.00165. The van der Waals surface area contributed by atoms with Crippen LogP contribution in [0.4, 0.5) is 11.4 Å². The highest BCUT2D eigenvalue weighted by Gasteiger charge is 2.29. The minimum Gasteiger partial charge on any atom is -0.372 e. The number of benzene rings is 1. The zero-order valence-corrected chi connectivity index (χ0v) is 13.2. The lowest BCUT2D eigenvalue weighted by molar-refractivity contribution is -0.124. The Balaban J connectivity index is 2.00. The standard InChI is InChI=1S/C17H27N3O/c1-3-17(2,13-18)16(21)19-14-7-9-15(10-8-14)20-11-5-4-6-12-20/h7-10H,3-6,11-13,18H2,1-2H3,(H,19,21). The summed E-state index contributed by atoms with van der Waals surface area (Å²) in [5, 5.41) is 2.98. The average Bonchev–Trinajstić information content (AvgIpc) is 2.55. The third-order valence-electron chi connectivity index (χ3n) is 4.63. The van der Waals surface area contributed by atoms with Crippen molar-refractivity contribution in [2.45, 2.75) is 39.5 Å². The van der Waals surface area contributed by atoms with Crippen LogP contribution in [0.5, 0.6) is 0 Å². The van der Waals surface area contributed by atoms with Gasteiger partial charge in [0, 0.05) is 31.0 Å². The summed E-state index contributed by atoms with van der Waals surface area (Å²) in [6.07, 6.45) is 4.61. The van der Waals surface area contributed by atoms with Gasteiger partial charge in [-0.1, -0.05) is 6.92 Å². The van der Waals surface area contributed by atoms with E-state index in [4.69, 9.17) is 5.73 Å². The predicted octanol–water partition coefficient (Wildman–Crippen LogP) is 2.99. The van der Waals surface area contributed by atoms with Gasteiger partial charge < -0.3 is 16.0 Å². The molecule has 4 nitrogen and oxygen atoms in total. The molecule has 0 bridgehead atoms. The monoisotopic (exact) mass is 289 g/mol. The van der Waals surface area contributed by atoms with Gasteiger partial charge in [0.1, 0.15) is 0 Å². The van der Waals surface area contributed by atoms with Crippen molar-refractivity contribution >= 4 is 17.3 Å². The fourth-order valence-corrected chi connectivity index (χ4v) is 2.59. The molecular formula is C17H27N3O. The van der Waals surface area contributed by atoms with Gasteiger partial charge in [0.2, 0.25) is 5.91 Å². The van der Waals surface area contributed by atoms with E-state index in [9.17, 15) is 4.79 Å². The molecule has 1 aromatic rings. The van der Waals surface area contributed by atoms with Gasteiger partial charge in [-0.25, -0.2) is 0 Å². The van der Waals surface area contributed by atoms with E-state index < -0.39 is 5.41 Å². The number of hydrogen-bond donors (Lipinski definition) is 2. The van der Waals surface area contributed by atoms with Gasteiger partial charge in [-0.3, -0.25) is 4.79 Å². The second-order valence-electron chi connectivity index (χ2n) is 6.17. The van der Waals surface area contributed by atoms with Gasteiger partial charge in [-0.15, -0.1) is 0 Å². The number of rotatable bonds is 5. The first-order chi connectivity index (χ1) is 10.1. The molecule has 1 aliphatic heterocycles. The van der Waals surface area contributed by atoms with Crippen LogP contribution in [0.3, 0.4) is 0 Å². The van der Waals surface area contributed by atoms with E-state index >= 15 is 0 Å². The van der Waals surface area contributed by atoms with Crippen LogP contribution in [0.2, 0.25) is 0 Å². The van der Waals surface area contributed by atoms with Crippen molar-refractivity contribution in [2.75, 3.05) is 29.9 Å². The maximum atomic E-state index is 12.3. The Hall–Kier alpha value is -1.55. The largest absolute Gasteiger partial charge is 0.372 e. The Morgan fingerprint density at radius 1 is 1.24 bits per heavy atom. The minimum absolute atomic E-state index is 0.00165. The van der Waals surface area contributed by atoms with Crippen LogP contribution in [0, 0.1) is 5.41 Å². The quantitative estimate of drug-likeness (QED) is 0.876. The summed E-state index contributed by atoms with van der Waals surface area (Å²) < 4.78 is 0. The van der Waals surface area contributed by atoms with Crippen LogP contribution >= 0.6 is 0 Å². The molecule has 0 aliphatic carbocycles. The summed E-state index contributed by atoms with van der Waals surface area (Å²) in [4.78, 5) is 14.7. The number of carbonyl (C=O) groups excluding carboxylic acids is 1. The molecule has 0 saturated carbocycles. The molecule has 21 heavy (non-hydrogen) atoms. The second-order valence-corrected chi connectivity index (χ2v) is 6.17. The van der Waals surface area contributed by atoms with Crippen LogP contribution in [0.1, 0.15) is 39.5 Å². The summed E-state index contributed by atoms with van der Waals surface area (Å²) >= 11 is 0. The number of amides is 1. The third kappa shape index (κ3) is 3.76. The molecule has 0 aromatic heterocycles. The number of nitrogens with two attached hydrogens (primary N) is 1. The van der Waals surface area contributed by atoms with E-state index in [1.54, 1.807) is 0 Å². The number of nitrogens with one attached hydrogen (secondary N) is 1. The molecule has 3 N–H and O–H groups in total. The van der Waals surface area contributed by atoms with E-state index in [1.165, 1.54) is 24.9 Å². The van der Waals surface area contributed by atoms with Crippen molar-refractivity contribution in [3.8, 4) is 0 Å². The van der Waals surface area contributed by atoms with Crippen molar-refractivity contribution in [3.05, 3.63) is 24.3 Å². The number of nitrogens with zero attached hydrogens (tertiary/aromatic N) is 1. The molecule has 1 saturated heterocycles. The van der Waals surface area contributed by atoms with E-state index in [0.29, 0.717) is 6.54 Å². The highest BCUT2D eigenvalue weighted by atomic mass is 16.2. The Morgan fingerprint density at radius 2 is 1.86 bits per heavy atom. The fourth-order valence-electron chi connectivity index (χ4n) is 2.59. The van der Waals surface area contributed by atoms with Gasteiger partial charge in [0.15, 0.2) is 0 Å². The number of anilines is 2. The number of hydrogen-bond acceptors (Lipinski definition) is 3. The van der Waals surface area contributed by atoms with Crippen LogP contribution in [0.15, 0.2) is 24.3 Å². The van der Waals surface area contributed by atoms with Crippen LogP contribution in [-0.4, -0.2) is 25.5 Å². The van der Waals surface area contributed by atoms with Gasteiger partial charge in [-0.2, -0.15) is 0 Å². The first kappa shape index (κ1) is 15.8. The maximum Gasteiger partial charge on any atom is 0.231 e. The first-order valence-corrected chi connectivity index (χ1v) is 7.95. The van der Waals surface area contributed by atoms with Crippen molar-refractivity contribution in [1.82, 2.24) is 0 Å². The van der Waals surface area contributed by atoms with Gasteiger partial charge in [-0.05, 0) is 56.9 Å². The normalized spacial score (nSPS) is 18.1. The lowest BCUT2D eigenvalue weighted by Gasteiger charge is -2.29. The van der Waals surface area contributed by atoms with Crippen LogP contribution in [0.25, 0.3) is 0 Å². The molecule has 1 aliphatic rings. The summed E-state index contributed by atoms with van der Waals surface area (Å²) in [5.41, 5.74) is 7.31. The predicted molar refractivity (Wildman–Crippen MR) is 88.6 cm³/mol. The summed E-state index contributed by atoms with van der Waals surface area (Å²) in [6.45, 7) is 6.52. The highest BCUT2D eigenvalue weighted by molar-refractivity contribution is 5.95. The Labute approximate surface area is 127 Å². The minimum atomic E-state index is -0.495. The average molecular weight is 289 g/mol. The molecule has 1 fully saturated rings. The smallest absolute Gasteiger partial charge is 0.231 e. The molecule has 2 rings (SSSR count). The molecule has 1 heterocycles. The number of carbonyl (C=O) groups is 1. The Morgan fingerprint density at radius 3 is 2.38 bits per heavy atom. The topological polar surface area (TPSA) is 58.4 Å². The van der Waals surface area contributed by atoms with E-state index in [0.717, 1.165) is 25.2 Å². The number of piperidine rings is 1. The molecular weight excluding hydrogens is 262 g/mol. The molecule has 1 aromatic carbocycles. The molecule has 0 radical (unpaired) electrons. The fraction of sp³-hybridized carbons (Fsp3) is 0.588. The molecule has 1 atom stereocenters. The lowest BCUT2D eigenvalue weighted by Crippen LogP contribution is -2.39. The van der Waals surface area contributed by atoms with Crippen molar-refractivity contribution in [2.24, 2.45) is 11.1 Å². The Kier molecular flexibility index (Phi) is 5.23. The van der Waals surface area contributed by atoms with Gasteiger partial charge >= 0.3 is 0 Å². The SMILES string of the molecule is CCC(C)(CN)C(=O)Nc1ccc(N2CCCCC2)cc1. The van der Waals surface area contributed by atoms with Gasteiger partial charge in [0.25, 0.3) is 0 Å². The molecule has 4 heteroatoms. The van der Waals surface area contributed by atoms with E-state index in [-0.39, 0.29) is 5.91 Å². The molecule has 0 spiro atoms. The molecule has 1 unspecified atom stereocenters. The first-order valence-electron chi connectivity index (χ1n) is 7.95. The summed E-state index contributed by atoms with van der Waals surface area (Å²) in [6, 6.07) is 8.14. The maximum absolute atomic E-state index is 12.3. The van der Waals surface area contributed by atoms with Crippen molar-refractivity contribution in [3.63, 3.8) is 0 Å². The molecule has 116 valence electrons. The van der Waals surface area contributed by atoms with Crippen LogP contribution < -0.4 is 16.0 Å². The lowest BCUT2D eigenvalue weighted by atomic mass is 9.86. The summed E-state index contributed by atoms with van der Waals surface area (Å²) in [7, 11) is 0.